The molecule has 8 heavy (non-hydrogen) atoms. The number of rotatable bonds is 3. The van der Waals surface area contributed by atoms with E-state index < -0.39 is 6.23 Å². The van der Waals surface area contributed by atoms with Crippen LogP contribution in [0.15, 0.2) is 0 Å². The Bertz CT molecular complexity index is 43.0. The van der Waals surface area contributed by atoms with Crippen molar-refractivity contribution in [3.63, 3.8) is 0 Å². The van der Waals surface area contributed by atoms with Crippen LogP contribution in [0, 0.1) is 0 Å². The number of hydrogen-bond acceptors (Lipinski definition) is 3. The molecule has 0 spiro atoms. The molecule has 5 N–H and O–H groups in total. The van der Waals surface area contributed by atoms with Crippen molar-refractivity contribution in [3.8, 4) is 0 Å². The van der Waals surface area contributed by atoms with Gasteiger partial charge in [0, 0.05) is 0 Å². The van der Waals surface area contributed by atoms with Crippen molar-refractivity contribution >= 4 is 29.6 Å². The van der Waals surface area contributed by atoms with Crippen molar-refractivity contribution in [2.75, 3.05) is 6.54 Å². The summed E-state index contributed by atoms with van der Waals surface area (Å²) >= 11 is 0. The molecule has 1 unspecified atom stereocenters. The van der Waals surface area contributed by atoms with Gasteiger partial charge in [0.2, 0.25) is 0 Å². The van der Waals surface area contributed by atoms with E-state index >= 15 is 0 Å². The van der Waals surface area contributed by atoms with Gasteiger partial charge in [-0.2, -0.15) is 0 Å². The van der Waals surface area contributed by atoms with E-state index in [0.29, 0.717) is 13.0 Å². The Morgan fingerprint density at radius 1 is 1.50 bits per heavy atom. The van der Waals surface area contributed by atoms with Crippen LogP contribution in [0.25, 0.3) is 0 Å². The summed E-state index contributed by atoms with van der Waals surface area (Å²) < 4.78 is 0. The maximum atomic E-state index is 8.41. The molecule has 0 amide bonds. The average molecular weight is 128 g/mol. The van der Waals surface area contributed by atoms with Crippen molar-refractivity contribution in [1.82, 2.24) is 0 Å². The quantitative estimate of drug-likeness (QED) is 0.315. The van der Waals surface area contributed by atoms with Crippen molar-refractivity contribution in [2.24, 2.45) is 11.5 Å². The first-order valence-corrected chi connectivity index (χ1v) is 2.41. The molecular weight excluding hydrogens is 115 g/mol. The predicted molar refractivity (Wildman–Crippen MR) is 35.6 cm³/mol. The van der Waals surface area contributed by atoms with Crippen LogP contribution in [0.4, 0.5) is 0 Å². The predicted octanol–water partition coefficient (Wildman–Crippen LogP) is -1.65. The average Bonchev–Trinajstić information content (AvgIpc) is 1.61. The van der Waals surface area contributed by atoms with Crippen LogP contribution in [0.2, 0.25) is 0 Å². The van der Waals surface area contributed by atoms with Crippen LogP contribution < -0.4 is 11.5 Å². The molecule has 0 saturated heterocycles. The molecule has 0 aliphatic carbocycles. The van der Waals surface area contributed by atoms with Crippen molar-refractivity contribution in [3.05, 3.63) is 0 Å². The summed E-state index contributed by atoms with van der Waals surface area (Å²) in [5, 5.41) is 8.41. The van der Waals surface area contributed by atoms with E-state index in [1.54, 1.807) is 0 Å². The van der Waals surface area contributed by atoms with Crippen molar-refractivity contribution < 1.29 is 5.11 Å². The Kier molecular flexibility index (Phi) is 11.5. The van der Waals surface area contributed by atoms with Gasteiger partial charge in [0.1, 0.15) is 6.23 Å². The Balaban J connectivity index is 0. The first-order valence-electron chi connectivity index (χ1n) is 2.41. The molecule has 1 atom stereocenters. The molecule has 0 bridgehead atoms. The molecule has 0 aromatic heterocycles. The summed E-state index contributed by atoms with van der Waals surface area (Å²) in [5.41, 5.74) is 10.1. The molecule has 0 aliphatic rings. The molecule has 46 valence electrons. The molecule has 0 aromatic carbocycles. The Morgan fingerprint density at radius 3 is 2.12 bits per heavy atom. The van der Waals surface area contributed by atoms with Crippen LogP contribution in [0.5, 0.6) is 0 Å². The van der Waals surface area contributed by atoms with Gasteiger partial charge in [-0.05, 0) is 19.4 Å². The third-order valence-electron chi connectivity index (χ3n) is 0.704. The summed E-state index contributed by atoms with van der Waals surface area (Å²) in [4.78, 5) is 0. The van der Waals surface area contributed by atoms with E-state index in [1.165, 1.54) is 0 Å². The maximum absolute atomic E-state index is 8.41. The third kappa shape index (κ3) is 9.99. The van der Waals surface area contributed by atoms with Gasteiger partial charge in [-0.3, -0.25) is 0 Å². The molecule has 0 radical (unpaired) electrons. The SMILES string of the molecule is NCCCC(N)O.[NaH]. The normalized spacial score (nSPS) is 12.4. The summed E-state index contributed by atoms with van der Waals surface area (Å²) in [6.45, 7) is 0.605. The van der Waals surface area contributed by atoms with E-state index in [0.717, 1.165) is 6.42 Å². The zero-order valence-electron chi connectivity index (χ0n) is 4.30. The minimum absolute atomic E-state index is 0. The zero-order chi connectivity index (χ0) is 5.70. The van der Waals surface area contributed by atoms with Gasteiger partial charge < -0.3 is 16.6 Å². The molecule has 0 saturated carbocycles. The van der Waals surface area contributed by atoms with Crippen molar-refractivity contribution in [2.45, 2.75) is 19.1 Å². The molecule has 0 heterocycles. The first kappa shape index (κ1) is 11.6. The van der Waals surface area contributed by atoms with Crippen LogP contribution in [-0.4, -0.2) is 47.4 Å². The number of hydrogen-bond donors (Lipinski definition) is 3. The fraction of sp³-hybridized carbons (Fsp3) is 1.00. The van der Waals surface area contributed by atoms with E-state index in [4.69, 9.17) is 16.6 Å². The standard InChI is InChI=1S/C4H12N2O.Na.H/c5-3-1-2-4(6)7;;/h4,7H,1-3,5-6H2;;. The first-order chi connectivity index (χ1) is 3.27. The molecule has 4 heteroatoms. The number of nitrogens with two attached hydrogens (primary N) is 2. The minimum atomic E-state index is -0.677. The van der Waals surface area contributed by atoms with Gasteiger partial charge in [-0.25, -0.2) is 0 Å². The molecule has 3 nitrogen and oxygen atoms in total. The molecule has 0 aromatic rings. The monoisotopic (exact) mass is 128 g/mol. The third-order valence-corrected chi connectivity index (χ3v) is 0.704. The molecule has 0 rings (SSSR count). The van der Waals surface area contributed by atoms with Gasteiger partial charge in [0.05, 0.1) is 0 Å². The van der Waals surface area contributed by atoms with E-state index in [2.05, 4.69) is 0 Å². The van der Waals surface area contributed by atoms with Crippen LogP contribution in [-0.2, 0) is 0 Å². The fourth-order valence-electron chi connectivity index (χ4n) is 0.327. The Labute approximate surface area is 71.7 Å². The fourth-order valence-corrected chi connectivity index (χ4v) is 0.327. The summed E-state index contributed by atoms with van der Waals surface area (Å²) in [6, 6.07) is 0. The van der Waals surface area contributed by atoms with E-state index in [9.17, 15) is 0 Å². The van der Waals surface area contributed by atoms with Crippen LogP contribution in [0.1, 0.15) is 12.8 Å². The second kappa shape index (κ2) is 7.88. The Hall–Kier alpha value is 0.880. The summed E-state index contributed by atoms with van der Waals surface area (Å²) in [5.74, 6) is 0. The Morgan fingerprint density at radius 2 is 2.00 bits per heavy atom. The molecular formula is C4H13N2NaO. The molecule has 0 fully saturated rings. The zero-order valence-corrected chi connectivity index (χ0v) is 4.30. The van der Waals surface area contributed by atoms with Crippen molar-refractivity contribution in [1.29, 1.82) is 0 Å². The topological polar surface area (TPSA) is 72.3 Å². The van der Waals surface area contributed by atoms with Gasteiger partial charge in [0.25, 0.3) is 0 Å². The van der Waals surface area contributed by atoms with Gasteiger partial charge >= 0.3 is 29.6 Å². The number of aliphatic hydroxyl groups excluding tert-OH is 1. The second-order valence-electron chi connectivity index (χ2n) is 1.50. The van der Waals surface area contributed by atoms with Gasteiger partial charge in [-0.1, -0.05) is 0 Å². The number of aliphatic hydroxyl groups is 1. The van der Waals surface area contributed by atoms with Gasteiger partial charge in [0.15, 0.2) is 0 Å². The summed E-state index contributed by atoms with van der Waals surface area (Å²) in [7, 11) is 0. The van der Waals surface area contributed by atoms with Crippen LogP contribution >= 0.6 is 0 Å². The second-order valence-corrected chi connectivity index (χ2v) is 1.50. The van der Waals surface area contributed by atoms with E-state index in [1.807, 2.05) is 0 Å². The summed E-state index contributed by atoms with van der Waals surface area (Å²) in [6.07, 6.45) is 0.734. The molecule has 0 aliphatic heterocycles. The van der Waals surface area contributed by atoms with Gasteiger partial charge in [-0.15, -0.1) is 0 Å². The van der Waals surface area contributed by atoms with E-state index in [-0.39, 0.29) is 29.6 Å². The van der Waals surface area contributed by atoms with Crippen LogP contribution in [0.3, 0.4) is 0 Å².